The molecular formula is C47H31N3O. The Morgan fingerprint density at radius 2 is 1.24 bits per heavy atom. The largest absolute Gasteiger partial charge is 0.454 e. The first-order valence-electron chi connectivity index (χ1n) is 17.5. The number of para-hydroxylation sites is 3. The molecule has 51 heavy (non-hydrogen) atoms. The summed E-state index contributed by atoms with van der Waals surface area (Å²) in [5, 5.41) is 5.72. The van der Waals surface area contributed by atoms with Crippen LogP contribution < -0.4 is 0 Å². The molecule has 1 aliphatic rings. The lowest BCUT2D eigenvalue weighted by Crippen LogP contribution is -2.26. The molecule has 0 unspecified atom stereocenters. The summed E-state index contributed by atoms with van der Waals surface area (Å²) in [6.07, 6.45) is 0. The molecule has 0 spiro atoms. The molecule has 3 aromatic heterocycles. The molecule has 0 bridgehead atoms. The van der Waals surface area contributed by atoms with Crippen molar-refractivity contribution in [2.24, 2.45) is 0 Å². The van der Waals surface area contributed by atoms with Crippen LogP contribution in [0.3, 0.4) is 0 Å². The van der Waals surface area contributed by atoms with E-state index >= 15 is 0 Å². The van der Waals surface area contributed by atoms with Crippen LogP contribution in [-0.4, -0.2) is 14.5 Å². The van der Waals surface area contributed by atoms with Crippen LogP contribution in [0.2, 0.25) is 0 Å². The Hall–Kier alpha value is -6.52. The predicted octanol–water partition coefficient (Wildman–Crippen LogP) is 12.3. The molecule has 0 saturated heterocycles. The molecule has 7 aromatic carbocycles. The Balaban J connectivity index is 1.09. The maximum absolute atomic E-state index is 6.51. The second kappa shape index (κ2) is 10.3. The monoisotopic (exact) mass is 653 g/mol. The van der Waals surface area contributed by atoms with E-state index in [0.717, 1.165) is 72.1 Å². The van der Waals surface area contributed by atoms with Crippen molar-refractivity contribution in [2.45, 2.75) is 19.3 Å². The van der Waals surface area contributed by atoms with E-state index < -0.39 is 0 Å². The molecule has 11 rings (SSSR count). The summed E-state index contributed by atoms with van der Waals surface area (Å²) in [5.41, 5.74) is 14.1. The molecule has 0 amide bonds. The normalized spacial score (nSPS) is 13.5. The summed E-state index contributed by atoms with van der Waals surface area (Å²) in [7, 11) is 0. The van der Waals surface area contributed by atoms with Gasteiger partial charge in [0.25, 0.3) is 0 Å². The van der Waals surface area contributed by atoms with Crippen LogP contribution in [0.1, 0.15) is 25.0 Å². The zero-order valence-corrected chi connectivity index (χ0v) is 28.2. The van der Waals surface area contributed by atoms with E-state index in [0.29, 0.717) is 0 Å². The highest BCUT2D eigenvalue weighted by Gasteiger charge is 2.36. The van der Waals surface area contributed by atoms with Gasteiger partial charge in [-0.25, -0.2) is 9.97 Å². The summed E-state index contributed by atoms with van der Waals surface area (Å²) in [5.74, 6) is 0.717. The number of rotatable bonds is 3. The van der Waals surface area contributed by atoms with E-state index in [9.17, 15) is 0 Å². The van der Waals surface area contributed by atoms with Crippen LogP contribution in [0.5, 0.6) is 0 Å². The summed E-state index contributed by atoms with van der Waals surface area (Å²) in [6, 6.07) is 53.9. The fraction of sp³-hybridized carbons (Fsp3) is 0.0638. The minimum atomic E-state index is -0.223. The second-order valence-corrected chi connectivity index (χ2v) is 14.2. The summed E-state index contributed by atoms with van der Waals surface area (Å²) < 4.78 is 8.95. The molecular weight excluding hydrogens is 623 g/mol. The first kappa shape index (κ1) is 28.3. The van der Waals surface area contributed by atoms with Gasteiger partial charge < -0.3 is 8.98 Å². The van der Waals surface area contributed by atoms with Gasteiger partial charge in [-0.1, -0.05) is 123 Å². The smallest absolute Gasteiger partial charge is 0.161 e. The second-order valence-electron chi connectivity index (χ2n) is 14.2. The molecule has 10 aromatic rings. The van der Waals surface area contributed by atoms with E-state index in [1.165, 1.54) is 33.1 Å². The number of aromatic nitrogens is 3. The lowest BCUT2D eigenvalue weighted by atomic mass is 9.74. The minimum Gasteiger partial charge on any atom is -0.454 e. The van der Waals surface area contributed by atoms with Crippen molar-refractivity contribution < 1.29 is 4.42 Å². The molecule has 0 radical (unpaired) electrons. The summed E-state index contributed by atoms with van der Waals surface area (Å²) in [4.78, 5) is 10.4. The molecule has 0 fully saturated rings. The van der Waals surface area contributed by atoms with Crippen molar-refractivity contribution in [1.82, 2.24) is 14.5 Å². The quantitative estimate of drug-likeness (QED) is 0.191. The highest BCUT2D eigenvalue weighted by atomic mass is 16.3. The maximum atomic E-state index is 6.51. The predicted molar refractivity (Wildman–Crippen MR) is 210 cm³/mol. The zero-order valence-electron chi connectivity index (χ0n) is 28.2. The molecule has 4 heteroatoms. The average Bonchev–Trinajstić information content (AvgIpc) is 3.72. The lowest BCUT2D eigenvalue weighted by Gasteiger charge is -2.35. The van der Waals surface area contributed by atoms with Crippen LogP contribution in [0.15, 0.2) is 156 Å². The average molecular weight is 654 g/mol. The van der Waals surface area contributed by atoms with Crippen LogP contribution in [0.4, 0.5) is 0 Å². The van der Waals surface area contributed by atoms with Crippen LogP contribution in [0, 0.1) is 0 Å². The van der Waals surface area contributed by atoms with E-state index in [-0.39, 0.29) is 5.41 Å². The van der Waals surface area contributed by atoms with E-state index in [1.807, 2.05) is 12.1 Å². The highest BCUT2D eigenvalue weighted by Crippen LogP contribution is 2.50. The third kappa shape index (κ3) is 3.96. The molecule has 0 atom stereocenters. The Morgan fingerprint density at radius 3 is 2.16 bits per heavy atom. The molecule has 240 valence electrons. The molecule has 0 saturated carbocycles. The number of hydrogen-bond donors (Lipinski definition) is 0. The molecule has 4 nitrogen and oxygen atoms in total. The van der Waals surface area contributed by atoms with Crippen molar-refractivity contribution in [2.75, 3.05) is 0 Å². The van der Waals surface area contributed by atoms with Gasteiger partial charge in [0.15, 0.2) is 11.4 Å². The van der Waals surface area contributed by atoms with Gasteiger partial charge in [0.1, 0.15) is 11.1 Å². The first-order chi connectivity index (χ1) is 25.0. The fourth-order valence-electron chi connectivity index (χ4n) is 8.50. The van der Waals surface area contributed by atoms with Gasteiger partial charge in [0.2, 0.25) is 0 Å². The van der Waals surface area contributed by atoms with Gasteiger partial charge in [-0.3, -0.25) is 0 Å². The van der Waals surface area contributed by atoms with E-state index in [1.54, 1.807) is 0 Å². The van der Waals surface area contributed by atoms with Gasteiger partial charge >= 0.3 is 0 Å². The van der Waals surface area contributed by atoms with E-state index in [2.05, 4.69) is 158 Å². The zero-order chi connectivity index (χ0) is 33.8. The molecule has 1 aliphatic heterocycles. The SMILES string of the molecule is CC1(C)c2cc(-c3cccc(-c4nc(-c5cccc6ccccc56)c5ccccc5n4)c3)ccc2-n2c3c1cccc3c1oc3ccccc3c12. The topological polar surface area (TPSA) is 43.9 Å². The van der Waals surface area contributed by atoms with Gasteiger partial charge in [-0.05, 0) is 75.5 Å². The standard InChI is InChI=1S/C47H31N3O/c1-47(2)37-21-11-20-36-43(37)50(44-35-18-6-8-23-41(35)51-45(36)44)40-25-24-30(27-38(40)47)29-14-9-15-31(26-29)46-48-39-22-7-5-17-34(39)42(49-46)33-19-10-13-28-12-3-4-16-32(28)33/h3-27H,1-2H3. The van der Waals surface area contributed by atoms with Crippen molar-refractivity contribution >= 4 is 54.6 Å². The Morgan fingerprint density at radius 1 is 0.529 bits per heavy atom. The fourth-order valence-corrected chi connectivity index (χ4v) is 8.50. The number of hydrogen-bond acceptors (Lipinski definition) is 3. The van der Waals surface area contributed by atoms with Gasteiger partial charge in [-0.15, -0.1) is 0 Å². The molecule has 4 heterocycles. The first-order valence-corrected chi connectivity index (χ1v) is 17.5. The van der Waals surface area contributed by atoms with Crippen molar-refractivity contribution in [3.63, 3.8) is 0 Å². The Labute approximate surface area is 294 Å². The molecule has 0 N–H and O–H groups in total. The third-order valence-electron chi connectivity index (χ3n) is 11.0. The Bertz CT molecular complexity index is 3070. The minimum absolute atomic E-state index is 0.223. The number of benzene rings is 7. The number of furan rings is 1. The van der Waals surface area contributed by atoms with Gasteiger partial charge in [-0.2, -0.15) is 0 Å². The van der Waals surface area contributed by atoms with E-state index in [4.69, 9.17) is 14.4 Å². The van der Waals surface area contributed by atoms with Crippen molar-refractivity contribution in [1.29, 1.82) is 0 Å². The molecule has 0 aliphatic carbocycles. The summed E-state index contributed by atoms with van der Waals surface area (Å²) >= 11 is 0. The summed E-state index contributed by atoms with van der Waals surface area (Å²) in [6.45, 7) is 4.68. The van der Waals surface area contributed by atoms with Crippen LogP contribution >= 0.6 is 0 Å². The third-order valence-corrected chi connectivity index (χ3v) is 11.0. The lowest BCUT2D eigenvalue weighted by molar-refractivity contribution is 0.630. The number of nitrogens with zero attached hydrogens (tertiary/aromatic N) is 3. The Kier molecular flexibility index (Phi) is 5.70. The van der Waals surface area contributed by atoms with Crippen LogP contribution in [-0.2, 0) is 5.41 Å². The highest BCUT2D eigenvalue weighted by molar-refractivity contribution is 6.18. The van der Waals surface area contributed by atoms with Gasteiger partial charge in [0.05, 0.1) is 22.4 Å². The van der Waals surface area contributed by atoms with Crippen molar-refractivity contribution in [3.8, 4) is 39.5 Å². The number of fused-ring (bicyclic) bond motifs is 9. The van der Waals surface area contributed by atoms with Gasteiger partial charge in [0, 0.05) is 32.7 Å². The van der Waals surface area contributed by atoms with Crippen molar-refractivity contribution in [3.05, 3.63) is 163 Å². The maximum Gasteiger partial charge on any atom is 0.161 e. The van der Waals surface area contributed by atoms with Crippen LogP contribution in [0.25, 0.3) is 94.1 Å².